The van der Waals surface area contributed by atoms with Crippen LogP contribution in [0.4, 0.5) is 0 Å². The Bertz CT molecular complexity index is 1320. The van der Waals surface area contributed by atoms with E-state index < -0.39 is 15.9 Å². The molecule has 0 amide bonds. The Morgan fingerprint density at radius 2 is 1.68 bits per heavy atom. The summed E-state index contributed by atoms with van der Waals surface area (Å²) in [6.07, 6.45) is 2.88. The average Bonchev–Trinajstić information content (AvgIpc) is 3.21. The first-order valence-electron chi connectivity index (χ1n) is 10.0. The van der Waals surface area contributed by atoms with E-state index in [2.05, 4.69) is 11.9 Å². The van der Waals surface area contributed by atoms with E-state index in [9.17, 15) is 13.2 Å². The second kappa shape index (κ2) is 8.40. The molecule has 5 nitrogen and oxygen atoms in total. The second-order valence-corrected chi connectivity index (χ2v) is 9.43. The minimum absolute atomic E-state index is 0.169. The number of hydrogen-bond acceptors (Lipinski definition) is 4. The lowest BCUT2D eigenvalue weighted by Gasteiger charge is -2.18. The van der Waals surface area contributed by atoms with Crippen molar-refractivity contribution in [3.05, 3.63) is 95.7 Å². The molecule has 158 valence electrons. The molecule has 0 spiro atoms. The molecule has 0 aliphatic rings. The third kappa shape index (κ3) is 4.25. The lowest BCUT2D eigenvalue weighted by Crippen LogP contribution is -2.19. The molecule has 0 aliphatic heterocycles. The van der Waals surface area contributed by atoms with Gasteiger partial charge in [0.15, 0.2) is 15.9 Å². The van der Waals surface area contributed by atoms with Gasteiger partial charge in [0.25, 0.3) is 0 Å². The summed E-state index contributed by atoms with van der Waals surface area (Å²) in [5.41, 5.74) is 3.38. The number of H-pyrrole nitrogens is 1. The fourth-order valence-corrected chi connectivity index (χ4v) is 4.29. The van der Waals surface area contributed by atoms with Gasteiger partial charge in [0.2, 0.25) is 5.78 Å². The molecule has 0 bridgehead atoms. The molecule has 0 saturated heterocycles. The fourth-order valence-electron chi connectivity index (χ4n) is 3.66. The van der Waals surface area contributed by atoms with Crippen molar-refractivity contribution in [2.45, 2.75) is 24.3 Å². The summed E-state index contributed by atoms with van der Waals surface area (Å²) in [7, 11) is -3.31. The molecule has 1 aromatic heterocycles. The van der Waals surface area contributed by atoms with Crippen molar-refractivity contribution in [1.29, 1.82) is 0 Å². The van der Waals surface area contributed by atoms with Crippen LogP contribution in [0, 0.1) is 0 Å². The molecule has 1 N–H and O–H groups in total. The molecule has 0 saturated carbocycles. The van der Waals surface area contributed by atoms with E-state index in [1.165, 1.54) is 12.1 Å². The number of ketones is 1. The number of hydrogen-bond donors (Lipinski definition) is 1. The number of carbonyl (C=O) groups excluding carboxylic acids is 1. The summed E-state index contributed by atoms with van der Waals surface area (Å²) < 4.78 is 29.6. The first kappa shape index (κ1) is 20.9. The van der Waals surface area contributed by atoms with Crippen LogP contribution in [-0.2, 0) is 16.3 Å². The van der Waals surface area contributed by atoms with Crippen molar-refractivity contribution in [1.82, 2.24) is 4.98 Å². The Hall–Kier alpha value is -3.38. The van der Waals surface area contributed by atoms with Crippen LogP contribution in [0.2, 0.25) is 0 Å². The van der Waals surface area contributed by atoms with Gasteiger partial charge in [0.05, 0.1) is 4.90 Å². The van der Waals surface area contributed by atoms with E-state index in [0.29, 0.717) is 11.3 Å². The minimum Gasteiger partial charge on any atom is -0.478 e. The highest BCUT2D eigenvalue weighted by Gasteiger charge is 2.27. The molecule has 0 fully saturated rings. The summed E-state index contributed by atoms with van der Waals surface area (Å²) in [6, 6.07) is 21.3. The fraction of sp³-hybridized carbons (Fsp3) is 0.160. The number of fused-ring (bicyclic) bond motifs is 1. The Morgan fingerprint density at radius 1 is 0.968 bits per heavy atom. The van der Waals surface area contributed by atoms with Crippen molar-refractivity contribution in [2.75, 3.05) is 6.26 Å². The molecule has 1 unspecified atom stereocenters. The van der Waals surface area contributed by atoms with Gasteiger partial charge in [-0.3, -0.25) is 4.79 Å². The Morgan fingerprint density at radius 3 is 2.32 bits per heavy atom. The average molecular weight is 434 g/mol. The monoisotopic (exact) mass is 433 g/mol. The topological polar surface area (TPSA) is 76.2 Å². The molecule has 6 heteroatoms. The predicted molar refractivity (Wildman–Crippen MR) is 121 cm³/mol. The highest BCUT2D eigenvalue weighted by Crippen LogP contribution is 2.30. The molecule has 1 heterocycles. The number of aryl methyl sites for hydroxylation is 1. The van der Waals surface area contributed by atoms with Crippen LogP contribution in [0.15, 0.2) is 83.9 Å². The molecule has 1 atom stereocenters. The van der Waals surface area contributed by atoms with Crippen LogP contribution in [0.5, 0.6) is 5.75 Å². The molecule has 0 radical (unpaired) electrons. The number of aromatic amines is 1. The van der Waals surface area contributed by atoms with Gasteiger partial charge in [-0.15, -0.1) is 0 Å². The summed E-state index contributed by atoms with van der Waals surface area (Å²) in [5.74, 6) is 0.251. The minimum atomic E-state index is -3.31. The number of rotatable bonds is 7. The first-order chi connectivity index (χ1) is 14.9. The highest BCUT2D eigenvalue weighted by molar-refractivity contribution is 7.90. The maximum absolute atomic E-state index is 13.6. The van der Waals surface area contributed by atoms with Gasteiger partial charge in [-0.05, 0) is 36.2 Å². The highest BCUT2D eigenvalue weighted by atomic mass is 32.2. The van der Waals surface area contributed by atoms with Crippen LogP contribution in [0.25, 0.3) is 10.9 Å². The molecule has 4 aromatic rings. The van der Waals surface area contributed by atoms with Crippen molar-refractivity contribution >= 4 is 26.5 Å². The summed E-state index contributed by atoms with van der Waals surface area (Å²) in [4.78, 5) is 17.0. The second-order valence-electron chi connectivity index (χ2n) is 7.41. The number of carbonyl (C=O) groups is 1. The zero-order chi connectivity index (χ0) is 22.0. The Labute approximate surface area is 181 Å². The number of aromatic nitrogens is 1. The van der Waals surface area contributed by atoms with Crippen LogP contribution in [0.1, 0.15) is 34.5 Å². The van der Waals surface area contributed by atoms with Gasteiger partial charge in [-0.1, -0.05) is 55.5 Å². The van der Waals surface area contributed by atoms with Gasteiger partial charge >= 0.3 is 0 Å². The summed E-state index contributed by atoms with van der Waals surface area (Å²) in [5, 5.41) is 0.862. The number of sulfone groups is 1. The Kier molecular flexibility index (Phi) is 5.65. The summed E-state index contributed by atoms with van der Waals surface area (Å²) >= 11 is 0. The lowest BCUT2D eigenvalue weighted by molar-refractivity contribution is 0.0794. The number of ether oxygens (including phenoxy) is 1. The smallest absolute Gasteiger partial charge is 0.210 e. The van der Waals surface area contributed by atoms with E-state index in [1.807, 2.05) is 48.5 Å². The molecular weight excluding hydrogens is 410 g/mol. The van der Waals surface area contributed by atoms with Crippen LogP contribution in [-0.4, -0.2) is 25.4 Å². The van der Waals surface area contributed by atoms with Crippen LogP contribution in [0.3, 0.4) is 0 Å². The third-order valence-electron chi connectivity index (χ3n) is 5.29. The molecule has 3 aromatic carbocycles. The number of para-hydroxylation sites is 1. The maximum Gasteiger partial charge on any atom is 0.210 e. The van der Waals surface area contributed by atoms with E-state index in [4.69, 9.17) is 4.74 Å². The molecular formula is C25H23NO4S. The number of Topliss-reactive ketones (excluding diaryl/α,β-unsaturated/α-hetero) is 1. The number of nitrogens with one attached hydrogen (secondary N) is 1. The van der Waals surface area contributed by atoms with Crippen molar-refractivity contribution < 1.29 is 17.9 Å². The predicted octanol–water partition coefficient (Wildman–Crippen LogP) is 5.14. The number of benzene rings is 3. The van der Waals surface area contributed by atoms with Gasteiger partial charge < -0.3 is 9.72 Å². The zero-order valence-electron chi connectivity index (χ0n) is 17.3. The van der Waals surface area contributed by atoms with E-state index >= 15 is 0 Å². The van der Waals surface area contributed by atoms with Crippen molar-refractivity contribution in [3.63, 3.8) is 0 Å². The zero-order valence-corrected chi connectivity index (χ0v) is 18.1. The molecule has 31 heavy (non-hydrogen) atoms. The summed E-state index contributed by atoms with van der Waals surface area (Å²) in [6.45, 7) is 2.08. The van der Waals surface area contributed by atoms with Gasteiger partial charge in [-0.2, -0.15) is 0 Å². The molecule has 0 aliphatic carbocycles. The lowest BCUT2D eigenvalue weighted by atomic mass is 9.98. The van der Waals surface area contributed by atoms with E-state index in [0.717, 1.165) is 34.7 Å². The van der Waals surface area contributed by atoms with Gasteiger partial charge in [-0.25, -0.2) is 8.42 Å². The van der Waals surface area contributed by atoms with Crippen LogP contribution >= 0.6 is 0 Å². The quantitative estimate of drug-likeness (QED) is 0.410. The maximum atomic E-state index is 13.6. The normalized spacial score (nSPS) is 12.6. The van der Waals surface area contributed by atoms with Crippen molar-refractivity contribution in [2.24, 2.45) is 0 Å². The largest absolute Gasteiger partial charge is 0.478 e. The van der Waals surface area contributed by atoms with E-state index in [-0.39, 0.29) is 10.7 Å². The Balaban J connectivity index is 1.73. The standard InChI is InChI=1S/C25H23NO4S/c1-3-17-10-7-11-21-22(16-26-23(17)21)24(27)25(18-8-5-4-6-9-18)30-19-12-14-20(15-13-19)31(2,28)29/h4-16,25-26H,3H2,1-2H3. The third-order valence-corrected chi connectivity index (χ3v) is 6.42. The first-order valence-corrected chi connectivity index (χ1v) is 11.9. The SMILES string of the molecule is CCc1cccc2c(C(=O)C(Oc3ccc(S(C)(=O)=O)cc3)c3ccccc3)c[nH]c12. The van der Waals surface area contributed by atoms with Crippen LogP contribution < -0.4 is 4.74 Å². The van der Waals surface area contributed by atoms with Gasteiger partial charge in [0, 0.05) is 34.5 Å². The molecule has 4 rings (SSSR count). The van der Waals surface area contributed by atoms with Gasteiger partial charge in [0.1, 0.15) is 5.75 Å². The van der Waals surface area contributed by atoms with Crippen molar-refractivity contribution in [3.8, 4) is 5.75 Å². The van der Waals surface area contributed by atoms with E-state index in [1.54, 1.807) is 18.3 Å².